The summed E-state index contributed by atoms with van der Waals surface area (Å²) >= 11 is 2.49. The highest BCUT2D eigenvalue weighted by Gasteiger charge is 2.54. The van der Waals surface area contributed by atoms with Gasteiger partial charge in [-0.2, -0.15) is 17.6 Å². The fourth-order valence-corrected chi connectivity index (χ4v) is 1.31. The van der Waals surface area contributed by atoms with Gasteiger partial charge in [0.1, 0.15) is 0 Å². The van der Waals surface area contributed by atoms with Crippen molar-refractivity contribution in [2.45, 2.75) is 11.8 Å². The van der Waals surface area contributed by atoms with E-state index in [1.165, 1.54) is 45.2 Å². The third kappa shape index (κ3) is 2.35. The fourth-order valence-electron chi connectivity index (χ4n) is 0.196. The van der Waals surface area contributed by atoms with Crippen molar-refractivity contribution in [2.75, 3.05) is 8.86 Å². The Balaban J connectivity index is 4.28. The molecule has 0 aliphatic heterocycles. The molecule has 0 unspecified atom stereocenters. The molecule has 0 heterocycles. The van der Waals surface area contributed by atoms with Gasteiger partial charge in [0.05, 0.1) is 8.86 Å². The van der Waals surface area contributed by atoms with E-state index in [2.05, 4.69) is 0 Å². The lowest BCUT2D eigenvalue weighted by Gasteiger charge is -2.22. The van der Waals surface area contributed by atoms with Crippen molar-refractivity contribution in [1.82, 2.24) is 0 Å². The van der Waals surface area contributed by atoms with E-state index in [0.29, 0.717) is 0 Å². The van der Waals surface area contributed by atoms with Gasteiger partial charge >= 0.3 is 11.8 Å². The summed E-state index contributed by atoms with van der Waals surface area (Å²) in [5.74, 6) is -7.73. The molecule has 0 aliphatic rings. The highest BCUT2D eigenvalue weighted by molar-refractivity contribution is 14.1. The van der Waals surface area contributed by atoms with Gasteiger partial charge in [-0.1, -0.05) is 45.2 Å². The number of hydrogen-bond acceptors (Lipinski definition) is 0. The molecule has 0 rings (SSSR count). The van der Waals surface area contributed by atoms with Crippen molar-refractivity contribution in [3.8, 4) is 0 Å². The van der Waals surface area contributed by atoms with E-state index >= 15 is 0 Å². The molecule has 10 heavy (non-hydrogen) atoms. The second kappa shape index (κ2) is 3.72. The highest BCUT2D eigenvalue weighted by atomic mass is 127. The summed E-state index contributed by atoms with van der Waals surface area (Å²) in [4.78, 5) is 0. The van der Waals surface area contributed by atoms with Gasteiger partial charge in [0.2, 0.25) is 0 Å². The molecule has 0 aromatic heterocycles. The van der Waals surface area contributed by atoms with Crippen LogP contribution < -0.4 is 0 Å². The van der Waals surface area contributed by atoms with Crippen LogP contribution >= 0.6 is 45.2 Å². The lowest BCUT2D eigenvalue weighted by molar-refractivity contribution is -0.175. The van der Waals surface area contributed by atoms with Crippen molar-refractivity contribution in [2.24, 2.45) is 0 Å². The SMILES string of the molecule is FC(F)(CI)C(F)(F)CI. The van der Waals surface area contributed by atoms with Crippen LogP contribution in [-0.2, 0) is 0 Å². The Morgan fingerprint density at radius 1 is 0.800 bits per heavy atom. The van der Waals surface area contributed by atoms with Gasteiger partial charge in [0, 0.05) is 0 Å². The van der Waals surface area contributed by atoms with E-state index in [-0.39, 0.29) is 0 Å². The van der Waals surface area contributed by atoms with Crippen LogP contribution in [-0.4, -0.2) is 20.7 Å². The van der Waals surface area contributed by atoms with E-state index in [9.17, 15) is 17.6 Å². The monoisotopic (exact) mass is 382 g/mol. The number of halogens is 6. The largest absolute Gasteiger partial charge is 0.319 e. The average Bonchev–Trinajstić information content (AvgIpc) is 1.88. The average molecular weight is 382 g/mol. The summed E-state index contributed by atoms with van der Waals surface area (Å²) < 4.78 is 47.0. The minimum absolute atomic E-state index is 0.846. The highest BCUT2D eigenvalue weighted by Crippen LogP contribution is 2.36. The van der Waals surface area contributed by atoms with Gasteiger partial charge in [-0.15, -0.1) is 0 Å². The molecule has 0 fully saturated rings. The third-order valence-electron chi connectivity index (χ3n) is 0.871. The normalized spacial score (nSPS) is 13.8. The predicted octanol–water partition coefficient (Wildman–Crippen LogP) is 3.13. The maximum Gasteiger partial charge on any atom is 0.319 e. The van der Waals surface area contributed by atoms with Gasteiger partial charge in [-0.05, 0) is 0 Å². The van der Waals surface area contributed by atoms with Crippen molar-refractivity contribution < 1.29 is 17.6 Å². The Morgan fingerprint density at radius 2 is 1.00 bits per heavy atom. The molecule has 0 N–H and O–H groups in total. The Bertz CT molecular complexity index is 99.8. The number of alkyl halides is 6. The Hall–Kier alpha value is 1.18. The second-order valence-electron chi connectivity index (χ2n) is 1.68. The second-order valence-corrected chi connectivity index (χ2v) is 3.20. The summed E-state index contributed by atoms with van der Waals surface area (Å²) in [6, 6.07) is 0. The van der Waals surface area contributed by atoms with E-state index in [1.54, 1.807) is 0 Å². The Labute approximate surface area is 83.0 Å². The first-order valence-corrected chi connectivity index (χ1v) is 5.30. The van der Waals surface area contributed by atoms with Crippen molar-refractivity contribution >= 4 is 45.2 Å². The summed E-state index contributed by atoms with van der Waals surface area (Å²) in [6.45, 7) is 0. The topological polar surface area (TPSA) is 0 Å². The maximum absolute atomic E-state index is 12.2. The third-order valence-corrected chi connectivity index (χ3v) is 2.79. The van der Waals surface area contributed by atoms with Crippen LogP contribution in [0.5, 0.6) is 0 Å². The molecule has 0 nitrogen and oxygen atoms in total. The van der Waals surface area contributed by atoms with Crippen molar-refractivity contribution in [1.29, 1.82) is 0 Å². The first kappa shape index (κ1) is 11.2. The molecule has 0 atom stereocenters. The molecule has 0 radical (unpaired) electrons. The first-order valence-electron chi connectivity index (χ1n) is 2.25. The molecule has 0 amide bonds. The molecular weight excluding hydrogens is 378 g/mol. The zero-order valence-electron chi connectivity index (χ0n) is 4.68. The van der Waals surface area contributed by atoms with Crippen LogP contribution in [0, 0.1) is 0 Å². The van der Waals surface area contributed by atoms with Crippen molar-refractivity contribution in [3.63, 3.8) is 0 Å². The standard InChI is InChI=1S/C4H4F4I2/c5-3(6,1-9)4(7,8)2-10/h1-2H2. The molecule has 0 aromatic carbocycles. The molecule has 0 aliphatic carbocycles. The summed E-state index contributed by atoms with van der Waals surface area (Å²) in [6.07, 6.45) is 0. The molecule has 0 saturated carbocycles. The van der Waals surface area contributed by atoms with Gasteiger partial charge < -0.3 is 0 Å². The van der Waals surface area contributed by atoms with Crippen LogP contribution in [0.15, 0.2) is 0 Å². The van der Waals surface area contributed by atoms with Crippen molar-refractivity contribution in [3.05, 3.63) is 0 Å². The van der Waals surface area contributed by atoms with Gasteiger partial charge in [0.15, 0.2) is 0 Å². The van der Waals surface area contributed by atoms with Crippen LogP contribution in [0.25, 0.3) is 0 Å². The lowest BCUT2D eigenvalue weighted by Crippen LogP contribution is -2.43. The molecule has 0 spiro atoms. The number of rotatable bonds is 3. The predicted molar refractivity (Wildman–Crippen MR) is 47.7 cm³/mol. The number of hydrogen-bond donors (Lipinski definition) is 0. The van der Waals surface area contributed by atoms with E-state index in [4.69, 9.17) is 0 Å². The quantitative estimate of drug-likeness (QED) is 0.400. The molecule has 0 bridgehead atoms. The molecular formula is C4H4F4I2. The van der Waals surface area contributed by atoms with Gasteiger partial charge in [0.25, 0.3) is 0 Å². The van der Waals surface area contributed by atoms with Crippen LogP contribution in [0.3, 0.4) is 0 Å². The van der Waals surface area contributed by atoms with E-state index in [0.717, 1.165) is 0 Å². The first-order chi connectivity index (χ1) is 4.37. The maximum atomic E-state index is 12.2. The lowest BCUT2D eigenvalue weighted by atomic mass is 10.2. The Morgan fingerprint density at radius 3 is 1.10 bits per heavy atom. The Kier molecular flexibility index (Phi) is 4.16. The summed E-state index contributed by atoms with van der Waals surface area (Å²) in [5, 5.41) is 0. The van der Waals surface area contributed by atoms with Gasteiger partial charge in [-0.25, -0.2) is 0 Å². The minimum atomic E-state index is -3.87. The molecule has 0 saturated heterocycles. The van der Waals surface area contributed by atoms with Crippen LogP contribution in [0.4, 0.5) is 17.6 Å². The van der Waals surface area contributed by atoms with E-state index < -0.39 is 20.7 Å². The van der Waals surface area contributed by atoms with Crippen LogP contribution in [0.2, 0.25) is 0 Å². The van der Waals surface area contributed by atoms with E-state index in [1.807, 2.05) is 0 Å². The molecule has 0 aromatic rings. The molecule has 62 valence electrons. The zero-order chi connectivity index (χ0) is 8.41. The smallest absolute Gasteiger partial charge is 0.199 e. The summed E-state index contributed by atoms with van der Waals surface area (Å²) in [5.41, 5.74) is 0. The zero-order valence-corrected chi connectivity index (χ0v) is 9.00. The minimum Gasteiger partial charge on any atom is -0.199 e. The fraction of sp³-hybridized carbons (Fsp3) is 1.00. The molecule has 6 heteroatoms. The van der Waals surface area contributed by atoms with Gasteiger partial charge in [-0.3, -0.25) is 0 Å². The van der Waals surface area contributed by atoms with Crippen LogP contribution in [0.1, 0.15) is 0 Å². The summed E-state index contributed by atoms with van der Waals surface area (Å²) in [7, 11) is 0.